The lowest BCUT2D eigenvalue weighted by molar-refractivity contribution is -0.130. The maximum Gasteiger partial charge on any atom is 0.223 e. The molecule has 3 nitrogen and oxygen atoms in total. The molecule has 0 aliphatic carbocycles. The molecule has 2 N–H and O–H groups in total. The van der Waals surface area contributed by atoms with Crippen LogP contribution in [0.15, 0.2) is 24.3 Å². The van der Waals surface area contributed by atoms with E-state index in [2.05, 4.69) is 5.92 Å². The number of hydrogen-bond donors (Lipinski definition) is 1. The molecular weight excluding hydrogens is 212 g/mol. The van der Waals surface area contributed by atoms with Gasteiger partial charge < -0.3 is 10.6 Å². The van der Waals surface area contributed by atoms with Gasteiger partial charge in [0.15, 0.2) is 0 Å². The van der Waals surface area contributed by atoms with Crippen LogP contribution in [0.4, 0.5) is 5.69 Å². The minimum atomic E-state index is 0.0775. The van der Waals surface area contributed by atoms with E-state index in [1.54, 1.807) is 4.90 Å². The number of terminal acetylenes is 1. The summed E-state index contributed by atoms with van der Waals surface area (Å²) in [6.45, 7) is 2.94. The number of benzene rings is 1. The van der Waals surface area contributed by atoms with Gasteiger partial charge in [0, 0.05) is 18.7 Å². The van der Waals surface area contributed by atoms with Gasteiger partial charge in [0.1, 0.15) is 0 Å². The first-order valence-electron chi connectivity index (χ1n) is 5.73. The van der Waals surface area contributed by atoms with Crippen LogP contribution < -0.4 is 5.73 Å². The van der Waals surface area contributed by atoms with E-state index in [1.165, 1.54) is 0 Å². The third-order valence-corrected chi connectivity index (χ3v) is 2.68. The Kier molecular flexibility index (Phi) is 5.09. The number of hydrogen-bond acceptors (Lipinski definition) is 2. The molecule has 0 aromatic heterocycles. The largest absolute Gasteiger partial charge is 0.399 e. The molecule has 0 saturated carbocycles. The van der Waals surface area contributed by atoms with Crippen molar-refractivity contribution in [1.82, 2.24) is 4.90 Å². The van der Waals surface area contributed by atoms with E-state index in [0.29, 0.717) is 25.9 Å². The van der Waals surface area contributed by atoms with E-state index in [-0.39, 0.29) is 5.91 Å². The zero-order chi connectivity index (χ0) is 12.7. The molecular formula is C14H18N2O. The molecule has 0 radical (unpaired) electrons. The molecule has 1 aromatic carbocycles. The fourth-order valence-corrected chi connectivity index (χ4v) is 1.65. The summed E-state index contributed by atoms with van der Waals surface area (Å²) >= 11 is 0. The average Bonchev–Trinajstić information content (AvgIpc) is 2.34. The quantitative estimate of drug-likeness (QED) is 0.618. The Balaban J connectivity index is 2.54. The first-order chi connectivity index (χ1) is 8.19. The van der Waals surface area contributed by atoms with Gasteiger partial charge >= 0.3 is 0 Å². The molecule has 0 heterocycles. The lowest BCUT2D eigenvalue weighted by Crippen LogP contribution is -2.31. The minimum Gasteiger partial charge on any atom is -0.399 e. The fraction of sp³-hybridized carbons (Fsp3) is 0.357. The number of rotatable bonds is 5. The first kappa shape index (κ1) is 13.1. The summed E-state index contributed by atoms with van der Waals surface area (Å²) in [6.07, 6.45) is 6.32. The lowest BCUT2D eigenvalue weighted by Gasteiger charge is -2.18. The third-order valence-electron chi connectivity index (χ3n) is 2.68. The second kappa shape index (κ2) is 6.59. The van der Waals surface area contributed by atoms with Crippen molar-refractivity contribution < 1.29 is 4.79 Å². The van der Waals surface area contributed by atoms with Crippen molar-refractivity contribution in [3.8, 4) is 12.3 Å². The van der Waals surface area contributed by atoms with Gasteiger partial charge in [-0.15, -0.1) is 6.42 Å². The van der Waals surface area contributed by atoms with E-state index in [4.69, 9.17) is 12.2 Å². The number of amides is 1. The molecule has 0 bridgehead atoms. The Labute approximate surface area is 103 Å². The number of para-hydroxylation sites is 1. The fourth-order valence-electron chi connectivity index (χ4n) is 1.65. The van der Waals surface area contributed by atoms with Crippen LogP contribution in [0.1, 0.15) is 18.9 Å². The number of aryl methyl sites for hydroxylation is 1. The van der Waals surface area contributed by atoms with E-state index in [9.17, 15) is 4.79 Å². The molecule has 90 valence electrons. The molecule has 0 spiro atoms. The van der Waals surface area contributed by atoms with E-state index < -0.39 is 0 Å². The van der Waals surface area contributed by atoms with Crippen LogP contribution in [0.2, 0.25) is 0 Å². The standard InChI is InChI=1S/C14H18N2O/c1-3-11-16(4-2)14(17)10-9-12-7-5-6-8-13(12)15/h1,5-8H,4,9-11,15H2,2H3. The molecule has 0 saturated heterocycles. The van der Waals surface area contributed by atoms with Gasteiger partial charge in [0.05, 0.1) is 6.54 Å². The predicted molar refractivity (Wildman–Crippen MR) is 70.3 cm³/mol. The molecule has 0 aliphatic heterocycles. The maximum atomic E-state index is 11.8. The lowest BCUT2D eigenvalue weighted by atomic mass is 10.1. The molecule has 1 rings (SSSR count). The van der Waals surface area contributed by atoms with Crippen molar-refractivity contribution in [2.45, 2.75) is 19.8 Å². The van der Waals surface area contributed by atoms with Gasteiger partial charge in [-0.1, -0.05) is 24.1 Å². The van der Waals surface area contributed by atoms with Crippen molar-refractivity contribution in [2.75, 3.05) is 18.8 Å². The van der Waals surface area contributed by atoms with E-state index in [0.717, 1.165) is 11.3 Å². The summed E-state index contributed by atoms with van der Waals surface area (Å²) in [5.74, 6) is 2.57. The van der Waals surface area contributed by atoms with E-state index in [1.807, 2.05) is 31.2 Å². The van der Waals surface area contributed by atoms with Crippen LogP contribution in [0.3, 0.4) is 0 Å². The molecule has 0 unspecified atom stereocenters. The van der Waals surface area contributed by atoms with Crippen LogP contribution in [-0.2, 0) is 11.2 Å². The molecule has 0 atom stereocenters. The summed E-state index contributed by atoms with van der Waals surface area (Å²) in [5.41, 5.74) is 7.56. The summed E-state index contributed by atoms with van der Waals surface area (Å²) < 4.78 is 0. The van der Waals surface area contributed by atoms with Crippen LogP contribution >= 0.6 is 0 Å². The van der Waals surface area contributed by atoms with Crippen molar-refractivity contribution in [3.63, 3.8) is 0 Å². The Bertz CT molecular complexity index is 420. The average molecular weight is 230 g/mol. The zero-order valence-electron chi connectivity index (χ0n) is 10.1. The second-order valence-electron chi connectivity index (χ2n) is 3.81. The highest BCUT2D eigenvalue weighted by Crippen LogP contribution is 2.13. The third kappa shape index (κ3) is 3.84. The highest BCUT2D eigenvalue weighted by Gasteiger charge is 2.10. The Morgan fingerprint density at radius 3 is 2.76 bits per heavy atom. The molecule has 1 amide bonds. The van der Waals surface area contributed by atoms with Gasteiger partial charge in [-0.05, 0) is 25.0 Å². The summed E-state index contributed by atoms with van der Waals surface area (Å²) in [5, 5.41) is 0. The number of carbonyl (C=O) groups is 1. The van der Waals surface area contributed by atoms with Gasteiger partial charge in [0.25, 0.3) is 0 Å². The monoisotopic (exact) mass is 230 g/mol. The molecule has 0 fully saturated rings. The van der Waals surface area contributed by atoms with Crippen LogP contribution in [0.25, 0.3) is 0 Å². The number of anilines is 1. The van der Waals surface area contributed by atoms with Crippen LogP contribution in [-0.4, -0.2) is 23.9 Å². The number of nitrogen functional groups attached to an aromatic ring is 1. The van der Waals surface area contributed by atoms with Crippen LogP contribution in [0, 0.1) is 12.3 Å². The number of carbonyl (C=O) groups excluding carboxylic acids is 1. The Hall–Kier alpha value is -1.95. The van der Waals surface area contributed by atoms with Gasteiger partial charge in [-0.2, -0.15) is 0 Å². The Morgan fingerprint density at radius 2 is 2.18 bits per heavy atom. The van der Waals surface area contributed by atoms with Gasteiger partial charge in [-0.3, -0.25) is 4.79 Å². The highest BCUT2D eigenvalue weighted by molar-refractivity contribution is 5.77. The van der Waals surface area contributed by atoms with E-state index >= 15 is 0 Å². The predicted octanol–water partition coefficient (Wildman–Crippen LogP) is 1.68. The van der Waals surface area contributed by atoms with Gasteiger partial charge in [0.2, 0.25) is 5.91 Å². The smallest absolute Gasteiger partial charge is 0.223 e. The Morgan fingerprint density at radius 1 is 1.47 bits per heavy atom. The van der Waals surface area contributed by atoms with Crippen molar-refractivity contribution in [3.05, 3.63) is 29.8 Å². The van der Waals surface area contributed by atoms with Crippen molar-refractivity contribution >= 4 is 11.6 Å². The molecule has 17 heavy (non-hydrogen) atoms. The number of nitrogens with two attached hydrogens (primary N) is 1. The normalized spacial score (nSPS) is 9.65. The van der Waals surface area contributed by atoms with Crippen LogP contribution in [0.5, 0.6) is 0 Å². The minimum absolute atomic E-state index is 0.0775. The molecule has 3 heteroatoms. The van der Waals surface area contributed by atoms with Crippen molar-refractivity contribution in [2.24, 2.45) is 0 Å². The van der Waals surface area contributed by atoms with Crippen molar-refractivity contribution in [1.29, 1.82) is 0 Å². The number of nitrogens with zero attached hydrogens (tertiary/aromatic N) is 1. The van der Waals surface area contributed by atoms with Gasteiger partial charge in [-0.25, -0.2) is 0 Å². The molecule has 1 aromatic rings. The summed E-state index contributed by atoms with van der Waals surface area (Å²) in [6, 6.07) is 7.60. The topological polar surface area (TPSA) is 46.3 Å². The first-order valence-corrected chi connectivity index (χ1v) is 5.73. The zero-order valence-corrected chi connectivity index (χ0v) is 10.1. The highest BCUT2D eigenvalue weighted by atomic mass is 16.2. The maximum absolute atomic E-state index is 11.8. The summed E-state index contributed by atoms with van der Waals surface area (Å²) in [4.78, 5) is 13.5. The summed E-state index contributed by atoms with van der Waals surface area (Å²) in [7, 11) is 0. The second-order valence-corrected chi connectivity index (χ2v) is 3.81. The molecule has 0 aliphatic rings. The SMILES string of the molecule is C#CCN(CC)C(=O)CCc1ccccc1N.